The molecule has 0 saturated carbocycles. The van der Waals surface area contributed by atoms with E-state index >= 15 is 0 Å². The van der Waals surface area contributed by atoms with E-state index in [-0.39, 0.29) is 11.3 Å². The first-order chi connectivity index (χ1) is 9.19. The Kier molecular flexibility index (Phi) is 5.57. The zero-order valence-electron chi connectivity index (χ0n) is 13.1. The molecule has 1 unspecified atom stereocenters. The highest BCUT2D eigenvalue weighted by Gasteiger charge is 2.16. The van der Waals surface area contributed by atoms with Gasteiger partial charge in [0.05, 0.1) is 0 Å². The largest absolute Gasteiger partial charge is 0.399 e. The SMILES string of the molecule is Cc1cc(N)ccc1NC(=O)C(C)OCCC(C)(C)C. The van der Waals surface area contributed by atoms with Crippen LogP contribution in [0.2, 0.25) is 0 Å². The van der Waals surface area contributed by atoms with Gasteiger partial charge in [-0.25, -0.2) is 0 Å². The number of nitrogens with one attached hydrogen (secondary N) is 1. The van der Waals surface area contributed by atoms with E-state index in [1.54, 1.807) is 13.0 Å². The number of benzene rings is 1. The van der Waals surface area contributed by atoms with Gasteiger partial charge in [-0.2, -0.15) is 0 Å². The summed E-state index contributed by atoms with van der Waals surface area (Å²) in [6.07, 6.45) is 0.459. The molecule has 0 aromatic heterocycles. The summed E-state index contributed by atoms with van der Waals surface area (Å²) in [6.45, 7) is 10.7. The smallest absolute Gasteiger partial charge is 0.253 e. The van der Waals surface area contributed by atoms with Crippen LogP contribution < -0.4 is 11.1 Å². The molecule has 0 radical (unpaired) electrons. The van der Waals surface area contributed by atoms with Gasteiger partial charge in [-0.3, -0.25) is 4.79 Å². The standard InChI is InChI=1S/C16H26N2O2/c1-11-10-13(17)6-7-14(11)18-15(19)12(2)20-9-8-16(3,4)5/h6-7,10,12H,8-9,17H2,1-5H3,(H,18,19). The van der Waals surface area contributed by atoms with E-state index in [9.17, 15) is 4.79 Å². The van der Waals surface area contributed by atoms with Crippen LogP contribution in [0.25, 0.3) is 0 Å². The molecule has 0 heterocycles. The summed E-state index contributed by atoms with van der Waals surface area (Å²) < 4.78 is 5.58. The number of amides is 1. The summed E-state index contributed by atoms with van der Waals surface area (Å²) in [6, 6.07) is 5.42. The maximum atomic E-state index is 12.0. The van der Waals surface area contributed by atoms with Crippen molar-refractivity contribution >= 4 is 17.3 Å². The highest BCUT2D eigenvalue weighted by Crippen LogP contribution is 2.20. The number of hydrogen-bond donors (Lipinski definition) is 2. The maximum Gasteiger partial charge on any atom is 0.253 e. The van der Waals surface area contributed by atoms with Crippen LogP contribution in [0.1, 0.15) is 39.7 Å². The number of rotatable bonds is 5. The van der Waals surface area contributed by atoms with Crippen molar-refractivity contribution in [3.05, 3.63) is 23.8 Å². The molecule has 1 rings (SSSR count). The fraction of sp³-hybridized carbons (Fsp3) is 0.562. The molecule has 112 valence electrons. The molecule has 1 atom stereocenters. The lowest BCUT2D eigenvalue weighted by atomic mass is 9.93. The number of aryl methyl sites for hydroxylation is 1. The lowest BCUT2D eigenvalue weighted by Crippen LogP contribution is -2.29. The van der Waals surface area contributed by atoms with Gasteiger partial charge in [-0.15, -0.1) is 0 Å². The van der Waals surface area contributed by atoms with E-state index < -0.39 is 6.10 Å². The predicted octanol–water partition coefficient (Wildman–Crippen LogP) is 3.36. The topological polar surface area (TPSA) is 64.3 Å². The van der Waals surface area contributed by atoms with Crippen molar-refractivity contribution in [2.24, 2.45) is 5.41 Å². The summed E-state index contributed by atoms with van der Waals surface area (Å²) in [5.41, 5.74) is 8.31. The summed E-state index contributed by atoms with van der Waals surface area (Å²) in [4.78, 5) is 12.0. The van der Waals surface area contributed by atoms with Crippen molar-refractivity contribution in [3.8, 4) is 0 Å². The molecule has 20 heavy (non-hydrogen) atoms. The van der Waals surface area contributed by atoms with Crippen molar-refractivity contribution in [2.45, 2.75) is 47.1 Å². The quantitative estimate of drug-likeness (QED) is 0.812. The van der Waals surface area contributed by atoms with Gasteiger partial charge in [-0.1, -0.05) is 20.8 Å². The summed E-state index contributed by atoms with van der Waals surface area (Å²) >= 11 is 0. The minimum Gasteiger partial charge on any atom is -0.399 e. The van der Waals surface area contributed by atoms with Gasteiger partial charge in [0.15, 0.2) is 0 Å². The van der Waals surface area contributed by atoms with Crippen LogP contribution in [0.15, 0.2) is 18.2 Å². The minimum atomic E-state index is -0.464. The lowest BCUT2D eigenvalue weighted by Gasteiger charge is -2.20. The number of carbonyl (C=O) groups excluding carboxylic acids is 1. The van der Waals surface area contributed by atoms with Gasteiger partial charge >= 0.3 is 0 Å². The number of carbonyl (C=O) groups is 1. The Morgan fingerprint density at radius 3 is 2.60 bits per heavy atom. The third kappa shape index (κ3) is 5.61. The zero-order valence-corrected chi connectivity index (χ0v) is 13.1. The van der Waals surface area contributed by atoms with Gasteiger partial charge in [0.25, 0.3) is 5.91 Å². The molecule has 1 amide bonds. The van der Waals surface area contributed by atoms with Crippen molar-refractivity contribution < 1.29 is 9.53 Å². The van der Waals surface area contributed by atoms with E-state index in [1.807, 2.05) is 19.1 Å². The van der Waals surface area contributed by atoms with Crippen LogP contribution in [0.5, 0.6) is 0 Å². The average molecular weight is 278 g/mol. The second-order valence-corrected chi connectivity index (χ2v) is 6.39. The van der Waals surface area contributed by atoms with Crippen LogP contribution in [0.4, 0.5) is 11.4 Å². The number of nitrogen functional groups attached to an aromatic ring is 1. The molecule has 0 aliphatic carbocycles. The Labute approximate surface area is 121 Å². The van der Waals surface area contributed by atoms with Gasteiger partial charge in [0, 0.05) is 18.0 Å². The fourth-order valence-corrected chi connectivity index (χ4v) is 1.68. The monoisotopic (exact) mass is 278 g/mol. The average Bonchev–Trinajstić information content (AvgIpc) is 2.30. The molecule has 0 aliphatic heterocycles. The van der Waals surface area contributed by atoms with E-state index in [0.717, 1.165) is 17.7 Å². The van der Waals surface area contributed by atoms with Gasteiger partial charge in [-0.05, 0) is 49.4 Å². The van der Waals surface area contributed by atoms with Crippen molar-refractivity contribution in [1.82, 2.24) is 0 Å². The normalized spacial score (nSPS) is 13.1. The predicted molar refractivity (Wildman–Crippen MR) is 83.7 cm³/mol. The molecular formula is C16H26N2O2. The molecule has 1 aromatic carbocycles. The third-order valence-corrected chi connectivity index (χ3v) is 3.10. The molecule has 4 heteroatoms. The Bertz CT molecular complexity index is 464. The molecule has 0 saturated heterocycles. The highest BCUT2D eigenvalue weighted by molar-refractivity contribution is 5.94. The molecule has 3 N–H and O–H groups in total. The molecule has 0 aliphatic rings. The van der Waals surface area contributed by atoms with Crippen LogP contribution in [0.3, 0.4) is 0 Å². The third-order valence-electron chi connectivity index (χ3n) is 3.10. The lowest BCUT2D eigenvalue weighted by molar-refractivity contribution is -0.126. The summed E-state index contributed by atoms with van der Waals surface area (Å²) in [7, 11) is 0. The van der Waals surface area contributed by atoms with Crippen LogP contribution in [-0.2, 0) is 9.53 Å². The second kappa shape index (κ2) is 6.75. The highest BCUT2D eigenvalue weighted by atomic mass is 16.5. The Balaban J connectivity index is 2.49. The second-order valence-electron chi connectivity index (χ2n) is 6.39. The van der Waals surface area contributed by atoms with Gasteiger partial charge < -0.3 is 15.8 Å². The first kappa shape index (κ1) is 16.5. The van der Waals surface area contributed by atoms with E-state index in [4.69, 9.17) is 10.5 Å². The zero-order chi connectivity index (χ0) is 15.3. The van der Waals surface area contributed by atoms with Gasteiger partial charge in [0.2, 0.25) is 0 Å². The summed E-state index contributed by atoms with van der Waals surface area (Å²) in [5.74, 6) is -0.133. The molecule has 4 nitrogen and oxygen atoms in total. The number of nitrogens with two attached hydrogens (primary N) is 1. The minimum absolute atomic E-state index is 0.133. The van der Waals surface area contributed by atoms with Crippen molar-refractivity contribution in [1.29, 1.82) is 0 Å². The molecule has 1 aromatic rings. The summed E-state index contributed by atoms with van der Waals surface area (Å²) in [5, 5.41) is 2.87. The van der Waals surface area contributed by atoms with Gasteiger partial charge in [0.1, 0.15) is 6.10 Å². The van der Waals surface area contributed by atoms with E-state index in [2.05, 4.69) is 26.1 Å². The maximum absolute atomic E-state index is 12.0. The van der Waals surface area contributed by atoms with E-state index in [0.29, 0.717) is 12.3 Å². The van der Waals surface area contributed by atoms with Crippen molar-refractivity contribution in [2.75, 3.05) is 17.7 Å². The first-order valence-electron chi connectivity index (χ1n) is 6.97. The molecule has 0 bridgehead atoms. The Morgan fingerprint density at radius 2 is 2.05 bits per heavy atom. The number of hydrogen-bond acceptors (Lipinski definition) is 3. The molecular weight excluding hydrogens is 252 g/mol. The molecule has 0 spiro atoms. The Morgan fingerprint density at radius 1 is 1.40 bits per heavy atom. The van der Waals surface area contributed by atoms with Crippen LogP contribution in [0, 0.1) is 12.3 Å². The van der Waals surface area contributed by atoms with Crippen molar-refractivity contribution in [3.63, 3.8) is 0 Å². The van der Waals surface area contributed by atoms with Crippen LogP contribution >= 0.6 is 0 Å². The molecule has 0 fully saturated rings. The first-order valence-corrected chi connectivity index (χ1v) is 6.97. The number of ether oxygens (including phenoxy) is 1. The van der Waals surface area contributed by atoms with Crippen LogP contribution in [-0.4, -0.2) is 18.6 Å². The Hall–Kier alpha value is -1.55. The fourth-order valence-electron chi connectivity index (χ4n) is 1.68. The number of anilines is 2. The van der Waals surface area contributed by atoms with E-state index in [1.165, 1.54) is 0 Å².